The molecule has 4 nitrogen and oxygen atoms in total. The van der Waals surface area contributed by atoms with E-state index in [9.17, 15) is 4.79 Å². The molecule has 24 heavy (non-hydrogen) atoms. The standard InChI is InChI=1S/C18H18BrNO3S/c1-12(18(21)20-14-5-2-4-13(19)10-14)24-15-6-7-16-17(11-15)23-9-3-8-22-16/h2,4-7,10-12H,3,8-9H2,1H3,(H,20,21)/t12-/m1/s1. The van der Waals surface area contributed by atoms with Crippen molar-refractivity contribution in [2.45, 2.75) is 23.5 Å². The molecule has 0 radical (unpaired) electrons. The molecule has 2 aromatic carbocycles. The highest BCUT2D eigenvalue weighted by molar-refractivity contribution is 9.10. The second-order valence-corrected chi connectivity index (χ2v) is 7.75. The Morgan fingerprint density at radius 1 is 1.17 bits per heavy atom. The van der Waals surface area contributed by atoms with E-state index in [1.54, 1.807) is 0 Å². The van der Waals surface area contributed by atoms with E-state index in [2.05, 4.69) is 21.2 Å². The summed E-state index contributed by atoms with van der Waals surface area (Å²) in [5.41, 5.74) is 0.778. The van der Waals surface area contributed by atoms with Crippen LogP contribution in [0.25, 0.3) is 0 Å². The first-order valence-corrected chi connectivity index (χ1v) is 9.42. The van der Waals surface area contributed by atoms with Gasteiger partial charge in [-0.25, -0.2) is 0 Å². The maximum Gasteiger partial charge on any atom is 0.237 e. The number of hydrogen-bond acceptors (Lipinski definition) is 4. The van der Waals surface area contributed by atoms with E-state index in [1.807, 2.05) is 49.4 Å². The van der Waals surface area contributed by atoms with E-state index >= 15 is 0 Å². The molecule has 0 spiro atoms. The summed E-state index contributed by atoms with van der Waals surface area (Å²) in [5.74, 6) is 1.48. The fraction of sp³-hybridized carbons (Fsp3) is 0.278. The number of benzene rings is 2. The number of thioether (sulfide) groups is 1. The van der Waals surface area contributed by atoms with Gasteiger partial charge in [0.15, 0.2) is 11.5 Å². The lowest BCUT2D eigenvalue weighted by molar-refractivity contribution is -0.115. The number of fused-ring (bicyclic) bond motifs is 1. The molecule has 1 N–H and O–H groups in total. The van der Waals surface area contributed by atoms with Crippen LogP contribution in [0.4, 0.5) is 5.69 Å². The first kappa shape index (κ1) is 17.2. The van der Waals surface area contributed by atoms with Crippen molar-refractivity contribution in [2.75, 3.05) is 18.5 Å². The number of rotatable bonds is 4. The molecule has 0 aliphatic carbocycles. The van der Waals surface area contributed by atoms with Crippen LogP contribution in [0.1, 0.15) is 13.3 Å². The number of ether oxygens (including phenoxy) is 2. The van der Waals surface area contributed by atoms with Gasteiger partial charge >= 0.3 is 0 Å². The molecular formula is C18H18BrNO3S. The average Bonchev–Trinajstić information content (AvgIpc) is 2.79. The number of hydrogen-bond donors (Lipinski definition) is 1. The van der Waals surface area contributed by atoms with E-state index in [0.717, 1.165) is 33.0 Å². The predicted molar refractivity (Wildman–Crippen MR) is 100 cm³/mol. The highest BCUT2D eigenvalue weighted by Crippen LogP contribution is 2.35. The maximum absolute atomic E-state index is 12.4. The predicted octanol–water partition coefficient (Wildman–Crippen LogP) is 4.73. The summed E-state index contributed by atoms with van der Waals surface area (Å²) in [6, 6.07) is 13.4. The van der Waals surface area contributed by atoms with Crippen molar-refractivity contribution in [3.8, 4) is 11.5 Å². The van der Waals surface area contributed by atoms with E-state index < -0.39 is 0 Å². The van der Waals surface area contributed by atoms with Gasteiger partial charge in [0, 0.05) is 21.5 Å². The van der Waals surface area contributed by atoms with Gasteiger partial charge in [0.1, 0.15) is 0 Å². The van der Waals surface area contributed by atoms with Crippen molar-refractivity contribution in [1.82, 2.24) is 0 Å². The number of carbonyl (C=O) groups excluding carboxylic acids is 1. The number of anilines is 1. The number of nitrogens with one attached hydrogen (secondary N) is 1. The van der Waals surface area contributed by atoms with Crippen molar-refractivity contribution >= 4 is 39.3 Å². The van der Waals surface area contributed by atoms with Gasteiger partial charge in [-0.1, -0.05) is 22.0 Å². The minimum absolute atomic E-state index is 0.0368. The number of amides is 1. The van der Waals surface area contributed by atoms with Crippen molar-refractivity contribution < 1.29 is 14.3 Å². The Balaban J connectivity index is 1.64. The van der Waals surface area contributed by atoms with Gasteiger partial charge in [-0.2, -0.15) is 0 Å². The summed E-state index contributed by atoms with van der Waals surface area (Å²) in [7, 11) is 0. The van der Waals surface area contributed by atoms with Gasteiger partial charge in [-0.3, -0.25) is 4.79 Å². The molecule has 0 bridgehead atoms. The molecule has 1 amide bonds. The number of halogens is 1. The quantitative estimate of drug-likeness (QED) is 0.744. The topological polar surface area (TPSA) is 47.6 Å². The fourth-order valence-corrected chi connectivity index (χ4v) is 3.58. The minimum atomic E-state index is -0.228. The van der Waals surface area contributed by atoms with Crippen molar-refractivity contribution in [3.63, 3.8) is 0 Å². The third-order valence-corrected chi connectivity index (χ3v) is 5.08. The second-order valence-electron chi connectivity index (χ2n) is 5.42. The van der Waals surface area contributed by atoms with Crippen LogP contribution in [0, 0.1) is 0 Å². The van der Waals surface area contributed by atoms with Crippen LogP contribution in [0.5, 0.6) is 11.5 Å². The summed E-state index contributed by atoms with van der Waals surface area (Å²) < 4.78 is 12.3. The molecule has 6 heteroatoms. The zero-order chi connectivity index (χ0) is 16.9. The van der Waals surface area contributed by atoms with E-state index in [-0.39, 0.29) is 11.2 Å². The smallest absolute Gasteiger partial charge is 0.237 e. The molecule has 1 heterocycles. The molecule has 1 aliphatic rings. The Morgan fingerprint density at radius 2 is 1.96 bits per heavy atom. The Morgan fingerprint density at radius 3 is 2.75 bits per heavy atom. The van der Waals surface area contributed by atoms with E-state index in [1.165, 1.54) is 11.8 Å². The van der Waals surface area contributed by atoms with Gasteiger partial charge in [-0.15, -0.1) is 11.8 Å². The van der Waals surface area contributed by atoms with Crippen LogP contribution >= 0.6 is 27.7 Å². The molecule has 0 saturated carbocycles. The summed E-state index contributed by atoms with van der Waals surface area (Å²) in [4.78, 5) is 13.4. The molecule has 0 fully saturated rings. The summed E-state index contributed by atoms with van der Waals surface area (Å²) in [6.07, 6.45) is 0.878. The molecule has 1 aliphatic heterocycles. The van der Waals surface area contributed by atoms with Crippen molar-refractivity contribution in [2.24, 2.45) is 0 Å². The Kier molecular flexibility index (Phi) is 5.68. The average molecular weight is 408 g/mol. The third kappa shape index (κ3) is 4.45. The zero-order valence-electron chi connectivity index (χ0n) is 13.3. The number of carbonyl (C=O) groups is 1. The molecule has 2 aromatic rings. The normalized spacial score (nSPS) is 14.6. The van der Waals surface area contributed by atoms with Crippen LogP contribution in [-0.2, 0) is 4.79 Å². The largest absolute Gasteiger partial charge is 0.490 e. The van der Waals surface area contributed by atoms with Crippen LogP contribution in [-0.4, -0.2) is 24.4 Å². The first-order chi connectivity index (χ1) is 11.6. The highest BCUT2D eigenvalue weighted by Gasteiger charge is 2.17. The van der Waals surface area contributed by atoms with Crippen molar-refractivity contribution in [1.29, 1.82) is 0 Å². The van der Waals surface area contributed by atoms with Crippen LogP contribution in [0.2, 0.25) is 0 Å². The fourth-order valence-electron chi connectivity index (χ4n) is 2.28. The summed E-state index contributed by atoms with van der Waals surface area (Å²) in [5, 5.41) is 2.70. The molecule has 0 unspecified atom stereocenters. The Bertz CT molecular complexity index is 738. The van der Waals surface area contributed by atoms with Gasteiger partial charge in [0.25, 0.3) is 0 Å². The van der Waals surface area contributed by atoms with Crippen LogP contribution in [0.3, 0.4) is 0 Å². The molecular weight excluding hydrogens is 390 g/mol. The van der Waals surface area contributed by atoms with E-state index in [0.29, 0.717) is 13.2 Å². The molecule has 3 rings (SSSR count). The lowest BCUT2D eigenvalue weighted by Crippen LogP contribution is -2.22. The SMILES string of the molecule is C[C@@H](Sc1ccc2c(c1)OCCCO2)C(=O)Nc1cccc(Br)c1. The minimum Gasteiger partial charge on any atom is -0.490 e. The van der Waals surface area contributed by atoms with E-state index in [4.69, 9.17) is 9.47 Å². The zero-order valence-corrected chi connectivity index (χ0v) is 15.7. The molecule has 0 aromatic heterocycles. The van der Waals surface area contributed by atoms with Gasteiger partial charge in [0.2, 0.25) is 5.91 Å². The maximum atomic E-state index is 12.4. The highest BCUT2D eigenvalue weighted by atomic mass is 79.9. The monoisotopic (exact) mass is 407 g/mol. The lowest BCUT2D eigenvalue weighted by Gasteiger charge is -2.14. The van der Waals surface area contributed by atoms with Gasteiger partial charge in [0.05, 0.1) is 18.5 Å². The summed E-state index contributed by atoms with van der Waals surface area (Å²) >= 11 is 4.90. The molecule has 126 valence electrons. The Labute approximate surface area is 154 Å². The van der Waals surface area contributed by atoms with Crippen molar-refractivity contribution in [3.05, 3.63) is 46.9 Å². The van der Waals surface area contributed by atoms with Crippen LogP contribution in [0.15, 0.2) is 51.8 Å². The first-order valence-electron chi connectivity index (χ1n) is 7.74. The lowest BCUT2D eigenvalue weighted by atomic mass is 10.3. The van der Waals surface area contributed by atoms with Gasteiger partial charge < -0.3 is 14.8 Å². The van der Waals surface area contributed by atoms with Gasteiger partial charge in [-0.05, 0) is 43.3 Å². The Hall–Kier alpha value is -1.66. The van der Waals surface area contributed by atoms with Crippen LogP contribution < -0.4 is 14.8 Å². The second kappa shape index (κ2) is 7.94. The summed E-state index contributed by atoms with van der Waals surface area (Å²) in [6.45, 7) is 3.21. The molecule has 0 saturated heterocycles. The molecule has 1 atom stereocenters. The third-order valence-electron chi connectivity index (χ3n) is 3.49.